The molecule has 0 bridgehead atoms. The Labute approximate surface area is 104 Å². The molecule has 18 heavy (non-hydrogen) atoms. The van der Waals surface area contributed by atoms with Crippen molar-refractivity contribution in [2.75, 3.05) is 19.4 Å². The molecular formula is C11H11NO5S. The van der Waals surface area contributed by atoms with E-state index in [1.54, 1.807) is 24.3 Å². The summed E-state index contributed by atoms with van der Waals surface area (Å²) in [6.07, 6.45) is 0.912. The summed E-state index contributed by atoms with van der Waals surface area (Å²) in [4.78, 5) is 24.7. The topological polar surface area (TPSA) is 80.8 Å². The lowest BCUT2D eigenvalue weighted by molar-refractivity contribution is 0.0632. The summed E-state index contributed by atoms with van der Waals surface area (Å²) in [6, 6.07) is 6.46. The third kappa shape index (κ3) is 2.41. The standard InChI is InChI=1S/C11H11NO5S/c1-18(15,16)17-7-6-12-10(13)8-4-2-3-5-9(8)11(12)14/h2-5H,6-7H2,1H3. The fourth-order valence-electron chi connectivity index (χ4n) is 1.72. The summed E-state index contributed by atoms with van der Waals surface area (Å²) in [5.41, 5.74) is 0.670. The van der Waals surface area contributed by atoms with Gasteiger partial charge in [0.1, 0.15) is 0 Å². The monoisotopic (exact) mass is 269 g/mol. The van der Waals surface area contributed by atoms with Crippen LogP contribution in [0, 0.1) is 0 Å². The molecule has 2 amide bonds. The van der Waals surface area contributed by atoms with E-state index in [0.29, 0.717) is 11.1 Å². The molecule has 0 radical (unpaired) electrons. The van der Waals surface area contributed by atoms with E-state index in [4.69, 9.17) is 0 Å². The first kappa shape index (κ1) is 12.7. The Morgan fingerprint density at radius 2 is 1.61 bits per heavy atom. The minimum Gasteiger partial charge on any atom is -0.272 e. The van der Waals surface area contributed by atoms with Gasteiger partial charge in [0.25, 0.3) is 21.9 Å². The molecule has 0 atom stereocenters. The fourth-order valence-corrected chi connectivity index (χ4v) is 2.10. The lowest BCUT2D eigenvalue weighted by Gasteiger charge is -2.12. The Balaban J connectivity index is 2.10. The highest BCUT2D eigenvalue weighted by Gasteiger charge is 2.34. The second kappa shape index (κ2) is 4.51. The van der Waals surface area contributed by atoms with Gasteiger partial charge in [0, 0.05) is 0 Å². The summed E-state index contributed by atoms with van der Waals surface area (Å²) >= 11 is 0. The highest BCUT2D eigenvalue weighted by Crippen LogP contribution is 2.21. The summed E-state index contributed by atoms with van der Waals surface area (Å²) in [5, 5.41) is 0. The van der Waals surface area contributed by atoms with Crippen molar-refractivity contribution >= 4 is 21.9 Å². The Morgan fingerprint density at radius 1 is 1.11 bits per heavy atom. The quantitative estimate of drug-likeness (QED) is 0.578. The van der Waals surface area contributed by atoms with Crippen LogP contribution in [0.3, 0.4) is 0 Å². The number of rotatable bonds is 4. The smallest absolute Gasteiger partial charge is 0.264 e. The maximum atomic E-state index is 11.9. The predicted octanol–water partition coefficient (Wildman–Crippen LogP) is 0.259. The third-order valence-corrected chi connectivity index (χ3v) is 3.09. The molecule has 7 heteroatoms. The van der Waals surface area contributed by atoms with Crippen molar-refractivity contribution in [1.29, 1.82) is 0 Å². The molecule has 0 saturated heterocycles. The number of carbonyl (C=O) groups excluding carboxylic acids is 2. The average Bonchev–Trinajstić information content (AvgIpc) is 2.53. The van der Waals surface area contributed by atoms with E-state index in [-0.39, 0.29) is 13.2 Å². The van der Waals surface area contributed by atoms with Crippen molar-refractivity contribution in [2.45, 2.75) is 0 Å². The molecule has 1 aliphatic rings. The summed E-state index contributed by atoms with van der Waals surface area (Å²) < 4.78 is 26.1. The van der Waals surface area contributed by atoms with Gasteiger partial charge in [-0.3, -0.25) is 18.7 Å². The largest absolute Gasteiger partial charge is 0.272 e. The van der Waals surface area contributed by atoms with Gasteiger partial charge >= 0.3 is 0 Å². The van der Waals surface area contributed by atoms with E-state index in [2.05, 4.69) is 4.18 Å². The first-order chi connectivity index (χ1) is 8.40. The minimum atomic E-state index is -3.57. The molecule has 0 N–H and O–H groups in total. The van der Waals surface area contributed by atoms with E-state index < -0.39 is 21.9 Å². The van der Waals surface area contributed by atoms with Gasteiger partial charge < -0.3 is 0 Å². The van der Waals surface area contributed by atoms with Gasteiger partial charge in [-0.25, -0.2) is 0 Å². The number of amides is 2. The lowest BCUT2D eigenvalue weighted by Crippen LogP contribution is -2.33. The molecule has 1 aromatic carbocycles. The summed E-state index contributed by atoms with van der Waals surface area (Å²) in [7, 11) is -3.57. The van der Waals surface area contributed by atoms with Gasteiger partial charge in [-0.15, -0.1) is 0 Å². The highest BCUT2D eigenvalue weighted by atomic mass is 32.2. The van der Waals surface area contributed by atoms with Gasteiger partial charge in [0.05, 0.1) is 30.5 Å². The van der Waals surface area contributed by atoms with Crippen LogP contribution in [0.1, 0.15) is 20.7 Å². The molecule has 0 aliphatic carbocycles. The minimum absolute atomic E-state index is 0.0839. The fraction of sp³-hybridized carbons (Fsp3) is 0.273. The molecule has 1 heterocycles. The highest BCUT2D eigenvalue weighted by molar-refractivity contribution is 7.85. The van der Waals surface area contributed by atoms with Crippen LogP contribution in [-0.4, -0.2) is 44.5 Å². The Kier molecular flexibility index (Phi) is 3.18. The van der Waals surface area contributed by atoms with E-state index in [9.17, 15) is 18.0 Å². The van der Waals surface area contributed by atoms with Crippen molar-refractivity contribution in [3.05, 3.63) is 35.4 Å². The zero-order chi connectivity index (χ0) is 13.3. The molecule has 0 aromatic heterocycles. The molecule has 1 aromatic rings. The van der Waals surface area contributed by atoms with Crippen LogP contribution in [0.25, 0.3) is 0 Å². The summed E-state index contributed by atoms with van der Waals surface area (Å²) in [6.45, 7) is -0.316. The zero-order valence-corrected chi connectivity index (χ0v) is 10.4. The van der Waals surface area contributed by atoms with Gasteiger partial charge in [-0.05, 0) is 12.1 Å². The van der Waals surface area contributed by atoms with Crippen LogP contribution < -0.4 is 0 Å². The van der Waals surface area contributed by atoms with Crippen LogP contribution in [-0.2, 0) is 14.3 Å². The van der Waals surface area contributed by atoms with Crippen LogP contribution in [0.4, 0.5) is 0 Å². The van der Waals surface area contributed by atoms with Crippen molar-refractivity contribution in [3.63, 3.8) is 0 Å². The third-order valence-electron chi connectivity index (χ3n) is 2.49. The average molecular weight is 269 g/mol. The second-order valence-corrected chi connectivity index (χ2v) is 5.48. The first-order valence-electron chi connectivity index (χ1n) is 5.20. The molecule has 0 fully saturated rings. The molecular weight excluding hydrogens is 258 g/mol. The number of benzene rings is 1. The Morgan fingerprint density at radius 3 is 2.06 bits per heavy atom. The van der Waals surface area contributed by atoms with Gasteiger partial charge in [-0.1, -0.05) is 12.1 Å². The molecule has 96 valence electrons. The Hall–Kier alpha value is -1.73. The van der Waals surface area contributed by atoms with Crippen molar-refractivity contribution < 1.29 is 22.2 Å². The molecule has 0 unspecified atom stereocenters. The predicted molar refractivity (Wildman–Crippen MR) is 62.6 cm³/mol. The van der Waals surface area contributed by atoms with Crippen LogP contribution in [0.2, 0.25) is 0 Å². The van der Waals surface area contributed by atoms with Crippen molar-refractivity contribution in [1.82, 2.24) is 4.90 Å². The number of hydrogen-bond donors (Lipinski definition) is 0. The molecule has 0 saturated carbocycles. The molecule has 2 rings (SSSR count). The first-order valence-corrected chi connectivity index (χ1v) is 7.01. The number of carbonyl (C=O) groups is 2. The maximum absolute atomic E-state index is 11.9. The number of imide groups is 1. The number of fused-ring (bicyclic) bond motifs is 1. The normalized spacial score (nSPS) is 15.1. The SMILES string of the molecule is CS(=O)(=O)OCCN1C(=O)c2ccccc2C1=O. The molecule has 6 nitrogen and oxygen atoms in total. The maximum Gasteiger partial charge on any atom is 0.264 e. The van der Waals surface area contributed by atoms with Gasteiger partial charge in [-0.2, -0.15) is 8.42 Å². The van der Waals surface area contributed by atoms with Gasteiger partial charge in [0.2, 0.25) is 0 Å². The van der Waals surface area contributed by atoms with Crippen molar-refractivity contribution in [2.24, 2.45) is 0 Å². The van der Waals surface area contributed by atoms with E-state index >= 15 is 0 Å². The zero-order valence-electron chi connectivity index (χ0n) is 9.62. The molecule has 0 spiro atoms. The number of nitrogens with zero attached hydrogens (tertiary/aromatic N) is 1. The number of hydrogen-bond acceptors (Lipinski definition) is 5. The van der Waals surface area contributed by atoms with E-state index in [0.717, 1.165) is 11.2 Å². The van der Waals surface area contributed by atoms with E-state index in [1.807, 2.05) is 0 Å². The van der Waals surface area contributed by atoms with E-state index in [1.165, 1.54) is 0 Å². The Bertz CT molecular complexity index is 573. The van der Waals surface area contributed by atoms with Gasteiger partial charge in [0.15, 0.2) is 0 Å². The van der Waals surface area contributed by atoms with Crippen LogP contribution in [0.15, 0.2) is 24.3 Å². The summed E-state index contributed by atoms with van der Waals surface area (Å²) in [5.74, 6) is -0.847. The van der Waals surface area contributed by atoms with Crippen molar-refractivity contribution in [3.8, 4) is 0 Å². The second-order valence-electron chi connectivity index (χ2n) is 3.83. The van der Waals surface area contributed by atoms with Crippen LogP contribution >= 0.6 is 0 Å². The van der Waals surface area contributed by atoms with Crippen LogP contribution in [0.5, 0.6) is 0 Å². The lowest BCUT2D eigenvalue weighted by atomic mass is 10.1. The molecule has 1 aliphatic heterocycles.